The van der Waals surface area contributed by atoms with Crippen molar-refractivity contribution in [2.45, 2.75) is 17.7 Å². The third-order valence-electron chi connectivity index (χ3n) is 4.74. The van der Waals surface area contributed by atoms with E-state index in [1.54, 1.807) is 0 Å². The Labute approximate surface area is 174 Å². The van der Waals surface area contributed by atoms with Crippen LogP contribution in [0, 0.1) is 17.2 Å². The van der Waals surface area contributed by atoms with Gasteiger partial charge in [0.1, 0.15) is 0 Å². The third-order valence-corrected chi connectivity index (χ3v) is 6.91. The fraction of sp³-hybridized carbons (Fsp3) is 0.300. The highest BCUT2D eigenvalue weighted by Crippen LogP contribution is 2.30. The molecule has 9 heteroatoms. The van der Waals surface area contributed by atoms with E-state index in [0.717, 1.165) is 0 Å². The van der Waals surface area contributed by atoms with Gasteiger partial charge in [-0.15, -0.1) is 0 Å². The summed E-state index contributed by atoms with van der Waals surface area (Å²) in [6.07, 6.45) is 0.703. The predicted octanol–water partition coefficient (Wildman–Crippen LogP) is 3.23. The van der Waals surface area contributed by atoms with Gasteiger partial charge in [-0.2, -0.15) is 9.57 Å². The van der Waals surface area contributed by atoms with Gasteiger partial charge in [-0.1, -0.05) is 11.6 Å². The Morgan fingerprint density at radius 3 is 2.38 bits per heavy atom. The molecule has 2 aromatic rings. The first-order valence-corrected chi connectivity index (χ1v) is 10.7. The number of sulfonamides is 1. The molecule has 0 saturated carbocycles. The third kappa shape index (κ3) is 4.70. The molecule has 1 aliphatic heterocycles. The second kappa shape index (κ2) is 8.82. The molecule has 29 heavy (non-hydrogen) atoms. The fourth-order valence-corrected chi connectivity index (χ4v) is 4.70. The van der Waals surface area contributed by atoms with Gasteiger partial charge in [0.25, 0.3) is 0 Å². The number of hydrogen-bond acceptors (Lipinski definition) is 6. The van der Waals surface area contributed by atoms with Crippen molar-refractivity contribution in [3.63, 3.8) is 0 Å². The number of hydrogen-bond donors (Lipinski definition) is 0. The number of nitrogens with zero attached hydrogens (tertiary/aromatic N) is 2. The summed E-state index contributed by atoms with van der Waals surface area (Å²) in [5.74, 6) is -0.351. The van der Waals surface area contributed by atoms with Crippen LogP contribution in [0.1, 0.15) is 18.4 Å². The van der Waals surface area contributed by atoms with Crippen molar-refractivity contribution in [3.8, 4) is 17.6 Å². The topological polar surface area (TPSA) is 96.7 Å². The van der Waals surface area contributed by atoms with Crippen LogP contribution in [0.2, 0.25) is 5.02 Å². The number of carbonyl (C=O) groups is 1. The molecule has 0 radical (unpaired) electrons. The van der Waals surface area contributed by atoms with Gasteiger partial charge in [-0.3, -0.25) is 4.79 Å². The van der Waals surface area contributed by atoms with E-state index in [2.05, 4.69) is 0 Å². The van der Waals surface area contributed by atoms with Gasteiger partial charge >= 0.3 is 5.97 Å². The maximum atomic E-state index is 12.7. The standard InChI is InChI=1S/C20H19ClN2O5S/c1-27-19-12-14(13-22)2-7-18(19)28-20(24)15-8-10-23(11-9-15)29(25,26)17-5-3-16(21)4-6-17/h2-7,12,15H,8-11H2,1H3. The second-order valence-electron chi connectivity index (χ2n) is 6.53. The minimum Gasteiger partial charge on any atom is -0.493 e. The van der Waals surface area contributed by atoms with Crippen LogP contribution in [0.4, 0.5) is 0 Å². The highest BCUT2D eigenvalue weighted by atomic mass is 35.5. The van der Waals surface area contributed by atoms with Crippen molar-refractivity contribution < 1.29 is 22.7 Å². The van der Waals surface area contributed by atoms with E-state index in [4.69, 9.17) is 26.3 Å². The molecular formula is C20H19ClN2O5S. The number of ether oxygens (including phenoxy) is 2. The fourth-order valence-electron chi connectivity index (χ4n) is 3.10. The quantitative estimate of drug-likeness (QED) is 0.529. The number of rotatable bonds is 5. The van der Waals surface area contributed by atoms with Crippen LogP contribution in [0.3, 0.4) is 0 Å². The van der Waals surface area contributed by atoms with Gasteiger partial charge in [0.05, 0.1) is 29.6 Å². The zero-order valence-electron chi connectivity index (χ0n) is 15.7. The summed E-state index contributed by atoms with van der Waals surface area (Å²) in [5.41, 5.74) is 0.391. The van der Waals surface area contributed by atoms with Crippen LogP contribution in [-0.2, 0) is 14.8 Å². The Balaban J connectivity index is 1.64. The maximum Gasteiger partial charge on any atom is 0.314 e. The Kier molecular flexibility index (Phi) is 6.42. The minimum atomic E-state index is -3.63. The molecule has 1 aliphatic rings. The van der Waals surface area contributed by atoms with E-state index < -0.39 is 21.9 Å². The van der Waals surface area contributed by atoms with Gasteiger partial charge in [0.15, 0.2) is 11.5 Å². The summed E-state index contributed by atoms with van der Waals surface area (Å²) in [5, 5.41) is 9.41. The minimum absolute atomic E-state index is 0.172. The number of halogens is 1. The highest BCUT2D eigenvalue weighted by molar-refractivity contribution is 7.89. The monoisotopic (exact) mass is 434 g/mol. The highest BCUT2D eigenvalue weighted by Gasteiger charge is 2.33. The van der Waals surface area contributed by atoms with Crippen LogP contribution < -0.4 is 9.47 Å². The molecule has 0 unspecified atom stereocenters. The maximum absolute atomic E-state index is 12.7. The number of piperidine rings is 1. The van der Waals surface area contributed by atoms with Crippen LogP contribution in [0.5, 0.6) is 11.5 Å². The van der Waals surface area contributed by atoms with Gasteiger partial charge in [0.2, 0.25) is 10.0 Å². The van der Waals surface area contributed by atoms with E-state index in [1.165, 1.54) is 53.9 Å². The lowest BCUT2D eigenvalue weighted by Crippen LogP contribution is -2.41. The molecule has 3 rings (SSSR count). The summed E-state index contributed by atoms with van der Waals surface area (Å²) < 4.78 is 37.4. The van der Waals surface area contributed by atoms with Crippen LogP contribution in [0.25, 0.3) is 0 Å². The molecule has 0 aliphatic carbocycles. The lowest BCUT2D eigenvalue weighted by Gasteiger charge is -2.30. The first kappa shape index (κ1) is 21.1. The largest absolute Gasteiger partial charge is 0.493 e. The van der Waals surface area contributed by atoms with E-state index in [9.17, 15) is 13.2 Å². The summed E-state index contributed by atoms with van der Waals surface area (Å²) in [6, 6.07) is 12.5. The molecule has 0 bridgehead atoms. The molecule has 1 heterocycles. The van der Waals surface area contributed by atoms with Crippen molar-refractivity contribution in [2.24, 2.45) is 5.92 Å². The lowest BCUT2D eigenvalue weighted by molar-refractivity contribution is -0.140. The Morgan fingerprint density at radius 2 is 1.79 bits per heavy atom. The van der Waals surface area contributed by atoms with Gasteiger partial charge in [-0.25, -0.2) is 8.42 Å². The second-order valence-corrected chi connectivity index (χ2v) is 8.91. The van der Waals surface area contributed by atoms with Crippen molar-refractivity contribution in [1.82, 2.24) is 4.31 Å². The van der Waals surface area contributed by atoms with Crippen LogP contribution in [-0.4, -0.2) is 38.9 Å². The molecule has 0 spiro atoms. The Hall–Kier alpha value is -2.60. The van der Waals surface area contributed by atoms with E-state index >= 15 is 0 Å². The van der Waals surface area contributed by atoms with Crippen LogP contribution >= 0.6 is 11.6 Å². The lowest BCUT2D eigenvalue weighted by atomic mass is 9.98. The average Bonchev–Trinajstić information content (AvgIpc) is 2.74. The molecule has 1 saturated heterocycles. The summed E-state index contributed by atoms with van der Waals surface area (Å²) >= 11 is 5.82. The molecule has 1 fully saturated rings. The van der Waals surface area contributed by atoms with Crippen LogP contribution in [0.15, 0.2) is 47.4 Å². The van der Waals surface area contributed by atoms with Gasteiger partial charge in [-0.05, 0) is 49.2 Å². The molecule has 2 aromatic carbocycles. The zero-order chi connectivity index (χ0) is 21.0. The van der Waals surface area contributed by atoms with E-state index in [0.29, 0.717) is 29.2 Å². The SMILES string of the molecule is COc1cc(C#N)ccc1OC(=O)C1CCN(S(=O)(=O)c2ccc(Cl)cc2)CC1. The smallest absolute Gasteiger partial charge is 0.314 e. The zero-order valence-corrected chi connectivity index (χ0v) is 17.2. The van der Waals surface area contributed by atoms with Gasteiger partial charge in [0, 0.05) is 24.2 Å². The molecular weight excluding hydrogens is 416 g/mol. The number of nitriles is 1. The number of carbonyl (C=O) groups excluding carboxylic acids is 1. The molecule has 152 valence electrons. The Bertz CT molecular complexity index is 1040. The normalized spacial score (nSPS) is 15.5. The predicted molar refractivity (Wildman–Crippen MR) is 106 cm³/mol. The van der Waals surface area contributed by atoms with Gasteiger partial charge < -0.3 is 9.47 Å². The van der Waals surface area contributed by atoms with Crippen molar-refractivity contribution in [3.05, 3.63) is 53.1 Å². The molecule has 0 amide bonds. The number of methoxy groups -OCH3 is 1. The van der Waals surface area contributed by atoms with Crippen molar-refractivity contribution in [1.29, 1.82) is 5.26 Å². The van der Waals surface area contributed by atoms with E-state index in [1.807, 2.05) is 6.07 Å². The summed E-state index contributed by atoms with van der Waals surface area (Å²) in [7, 11) is -2.21. The van der Waals surface area contributed by atoms with Crippen molar-refractivity contribution in [2.75, 3.05) is 20.2 Å². The molecule has 0 atom stereocenters. The summed E-state index contributed by atoms with van der Waals surface area (Å²) in [4.78, 5) is 12.7. The first-order chi connectivity index (χ1) is 13.8. The molecule has 0 N–H and O–H groups in total. The van der Waals surface area contributed by atoms with Crippen molar-refractivity contribution >= 4 is 27.6 Å². The summed E-state index contributed by atoms with van der Waals surface area (Å²) in [6.45, 7) is 0.435. The molecule has 0 aromatic heterocycles. The van der Waals surface area contributed by atoms with E-state index in [-0.39, 0.29) is 23.7 Å². The Morgan fingerprint density at radius 1 is 1.14 bits per heavy atom. The molecule has 7 nitrogen and oxygen atoms in total. The number of benzene rings is 2. The average molecular weight is 435 g/mol. The number of esters is 1. The first-order valence-electron chi connectivity index (χ1n) is 8.90.